The van der Waals surface area contributed by atoms with Gasteiger partial charge in [-0.25, -0.2) is 14.6 Å². The summed E-state index contributed by atoms with van der Waals surface area (Å²) in [5, 5.41) is 28.7. The second kappa shape index (κ2) is 21.0. The minimum atomic E-state index is -1.33. The highest BCUT2D eigenvalue weighted by atomic mass is 16.4. The van der Waals surface area contributed by atoms with Gasteiger partial charge in [-0.2, -0.15) is 0 Å². The third-order valence-corrected chi connectivity index (χ3v) is 10.8. The van der Waals surface area contributed by atoms with Crippen LogP contribution in [-0.2, 0) is 29.1 Å². The Hall–Kier alpha value is -5.21. The molecule has 0 unspecified atom stereocenters. The van der Waals surface area contributed by atoms with Gasteiger partial charge < -0.3 is 35.5 Å². The molecule has 0 spiro atoms. The number of pyridine rings is 1. The van der Waals surface area contributed by atoms with E-state index in [0.717, 1.165) is 41.3 Å². The molecule has 2 heterocycles. The maximum absolute atomic E-state index is 14.5. The number of rotatable bonds is 20. The Morgan fingerprint density at radius 1 is 0.879 bits per heavy atom. The van der Waals surface area contributed by atoms with Crippen LogP contribution in [0.5, 0.6) is 0 Å². The summed E-state index contributed by atoms with van der Waals surface area (Å²) < 4.78 is 0. The van der Waals surface area contributed by atoms with E-state index in [1.54, 1.807) is 35.6 Å². The lowest BCUT2D eigenvalue weighted by molar-refractivity contribution is -0.132. The Balaban J connectivity index is 1.62. The highest BCUT2D eigenvalue weighted by molar-refractivity contribution is 5.88. The van der Waals surface area contributed by atoms with E-state index in [1.807, 2.05) is 93.6 Å². The number of nitrogens with one attached hydrogen (secondary N) is 3. The van der Waals surface area contributed by atoms with Crippen molar-refractivity contribution in [2.24, 2.45) is 11.3 Å². The Bertz CT molecular complexity index is 1800. The summed E-state index contributed by atoms with van der Waals surface area (Å²) in [6.45, 7) is 18.2. The number of aromatic nitrogens is 1. The largest absolute Gasteiger partial charge is 0.465 e. The fourth-order valence-electron chi connectivity index (χ4n) is 7.38. The predicted octanol–water partition coefficient (Wildman–Crippen LogP) is 5.19. The number of aliphatic hydroxyl groups excluding tert-OH is 1. The SMILES string of the molecule is CC[C@H](C)[C@@H](C(=O)N[C@@H](Cc1ccccc1)[C@@H](O)CN(Cc1ccc(N(CC)CC)cc1)NC(=O)[C@@H](NC(=O)O)C(C)(C)C)N1CCN(Cc2cccc(C)n2)C1=O. The third-order valence-electron chi connectivity index (χ3n) is 10.8. The maximum atomic E-state index is 14.5. The Kier molecular flexibility index (Phi) is 16.5. The normalized spacial score (nSPS) is 15.7. The topological polar surface area (TPSA) is 171 Å². The Labute approximate surface area is 344 Å². The zero-order valence-electron chi connectivity index (χ0n) is 35.4. The zero-order chi connectivity index (χ0) is 42.6. The van der Waals surface area contributed by atoms with Gasteiger partial charge in [-0.15, -0.1) is 0 Å². The Morgan fingerprint density at radius 3 is 2.14 bits per heavy atom. The molecule has 5 atom stereocenters. The maximum Gasteiger partial charge on any atom is 0.405 e. The number of anilines is 1. The van der Waals surface area contributed by atoms with Crippen LogP contribution in [0.2, 0.25) is 0 Å². The lowest BCUT2D eigenvalue weighted by Crippen LogP contribution is -2.60. The first-order valence-corrected chi connectivity index (χ1v) is 20.4. The number of carbonyl (C=O) groups is 4. The van der Waals surface area contributed by atoms with Crippen LogP contribution in [-0.4, -0.2) is 111 Å². The molecule has 1 saturated heterocycles. The van der Waals surface area contributed by atoms with Crippen LogP contribution in [0.15, 0.2) is 72.8 Å². The van der Waals surface area contributed by atoms with Crippen LogP contribution in [0, 0.1) is 18.3 Å². The number of nitrogens with zero attached hydrogens (tertiary/aromatic N) is 5. The van der Waals surface area contributed by atoms with Crippen molar-refractivity contribution in [3.05, 3.63) is 95.3 Å². The Morgan fingerprint density at radius 2 is 1.55 bits per heavy atom. The number of carbonyl (C=O) groups excluding carboxylic acids is 3. The van der Waals surface area contributed by atoms with E-state index in [2.05, 4.69) is 39.8 Å². The number of hydrogen-bond acceptors (Lipinski definition) is 8. The summed E-state index contributed by atoms with van der Waals surface area (Å²) >= 11 is 0. The van der Waals surface area contributed by atoms with Crippen LogP contribution in [0.1, 0.15) is 77.4 Å². The van der Waals surface area contributed by atoms with Gasteiger partial charge in [0.25, 0.3) is 5.91 Å². The molecule has 0 radical (unpaired) electrons. The van der Waals surface area contributed by atoms with E-state index >= 15 is 0 Å². The molecule has 0 aliphatic carbocycles. The summed E-state index contributed by atoms with van der Waals surface area (Å²) in [4.78, 5) is 64.1. The van der Waals surface area contributed by atoms with Gasteiger partial charge in [0.05, 0.1) is 24.4 Å². The number of benzene rings is 2. The van der Waals surface area contributed by atoms with Gasteiger partial charge in [-0.3, -0.25) is 20.0 Å². The van der Waals surface area contributed by atoms with Crippen molar-refractivity contribution in [2.45, 2.75) is 106 Å². The van der Waals surface area contributed by atoms with E-state index < -0.39 is 41.6 Å². The van der Waals surface area contributed by atoms with Gasteiger partial charge in [0, 0.05) is 50.6 Å². The van der Waals surface area contributed by atoms with Crippen molar-refractivity contribution in [1.29, 1.82) is 0 Å². The van der Waals surface area contributed by atoms with Crippen molar-refractivity contribution >= 4 is 29.6 Å². The lowest BCUT2D eigenvalue weighted by atomic mass is 9.86. The van der Waals surface area contributed by atoms with Crippen LogP contribution in [0.3, 0.4) is 0 Å². The number of hydrogen-bond donors (Lipinski definition) is 5. The molecule has 1 aromatic heterocycles. The molecule has 1 aliphatic heterocycles. The molecule has 5 N–H and O–H groups in total. The molecule has 5 amide bonds. The van der Waals surface area contributed by atoms with E-state index in [9.17, 15) is 29.4 Å². The van der Waals surface area contributed by atoms with Crippen LogP contribution < -0.4 is 21.0 Å². The molecular formula is C44H64N8O6. The summed E-state index contributed by atoms with van der Waals surface area (Å²) in [7, 11) is 0. The van der Waals surface area contributed by atoms with Gasteiger partial charge in [-0.05, 0) is 73.9 Å². The van der Waals surface area contributed by atoms with Crippen molar-refractivity contribution in [3.8, 4) is 0 Å². The van der Waals surface area contributed by atoms with Crippen molar-refractivity contribution in [3.63, 3.8) is 0 Å². The van der Waals surface area contributed by atoms with E-state index in [1.165, 1.54) is 0 Å². The quantitative estimate of drug-likeness (QED) is 0.0966. The van der Waals surface area contributed by atoms with Gasteiger partial charge in [0.2, 0.25) is 5.91 Å². The van der Waals surface area contributed by atoms with Crippen LogP contribution in [0.4, 0.5) is 15.3 Å². The first-order chi connectivity index (χ1) is 27.5. The monoisotopic (exact) mass is 800 g/mol. The van der Waals surface area contributed by atoms with Crippen LogP contribution >= 0.6 is 0 Å². The van der Waals surface area contributed by atoms with Gasteiger partial charge in [0.1, 0.15) is 12.1 Å². The number of carboxylic acid groups (broad SMARTS) is 1. The second-order valence-electron chi connectivity index (χ2n) is 16.3. The number of aryl methyl sites for hydroxylation is 1. The highest BCUT2D eigenvalue weighted by Gasteiger charge is 2.41. The molecule has 1 fully saturated rings. The van der Waals surface area contributed by atoms with E-state index in [0.29, 0.717) is 26.1 Å². The molecule has 316 valence electrons. The minimum absolute atomic E-state index is 0.112. The highest BCUT2D eigenvalue weighted by Crippen LogP contribution is 2.24. The fourth-order valence-corrected chi connectivity index (χ4v) is 7.38. The predicted molar refractivity (Wildman–Crippen MR) is 226 cm³/mol. The molecule has 4 rings (SSSR count). The van der Waals surface area contributed by atoms with Crippen LogP contribution in [0.25, 0.3) is 0 Å². The molecule has 0 bridgehead atoms. The molecule has 14 heteroatoms. The second-order valence-corrected chi connectivity index (χ2v) is 16.3. The molecule has 14 nitrogen and oxygen atoms in total. The fraction of sp³-hybridized carbons (Fsp3) is 0.523. The standard InChI is InChI=1S/C44H64N8O6/c1-9-30(4)38(52-25-24-50(43(52)58)28-34-19-15-16-31(5)45-34)40(54)46-36(26-32-17-13-12-14-18-32)37(53)29-51(48-41(55)39(44(6,7)8)47-42(56)57)27-33-20-22-35(23-21-33)49(10-2)11-3/h12-23,30,36-39,47,53H,9-11,24-29H2,1-8H3,(H,46,54)(H,48,55)(H,56,57)/t30-,36-,37-,38-,39+/m0/s1. The lowest BCUT2D eigenvalue weighted by Gasteiger charge is -2.36. The smallest absolute Gasteiger partial charge is 0.405 e. The number of amides is 5. The molecule has 2 aromatic carbocycles. The van der Waals surface area contributed by atoms with Gasteiger partial charge in [0.15, 0.2) is 0 Å². The molecular weight excluding hydrogens is 737 g/mol. The minimum Gasteiger partial charge on any atom is -0.465 e. The summed E-state index contributed by atoms with van der Waals surface area (Å²) in [5.41, 5.74) is 6.53. The average Bonchev–Trinajstić information content (AvgIpc) is 3.52. The van der Waals surface area contributed by atoms with Crippen molar-refractivity contribution in [2.75, 3.05) is 37.6 Å². The first-order valence-electron chi connectivity index (χ1n) is 20.4. The number of aliphatic hydroxyl groups is 1. The number of urea groups is 1. The summed E-state index contributed by atoms with van der Waals surface area (Å²) in [6, 6.07) is 20.2. The first kappa shape index (κ1) is 45.5. The van der Waals surface area contributed by atoms with Crippen molar-refractivity contribution < 1.29 is 29.4 Å². The average molecular weight is 801 g/mol. The van der Waals surface area contributed by atoms with E-state index in [-0.39, 0.29) is 37.4 Å². The van der Waals surface area contributed by atoms with Gasteiger partial charge in [-0.1, -0.05) is 89.6 Å². The zero-order valence-corrected chi connectivity index (χ0v) is 35.4. The summed E-state index contributed by atoms with van der Waals surface area (Å²) in [6.07, 6.45) is -1.64. The van der Waals surface area contributed by atoms with Crippen molar-refractivity contribution in [1.82, 2.24) is 35.9 Å². The molecule has 1 aliphatic rings. The van der Waals surface area contributed by atoms with E-state index in [4.69, 9.17) is 0 Å². The molecule has 3 aromatic rings. The third kappa shape index (κ3) is 12.6. The molecule has 58 heavy (non-hydrogen) atoms. The van der Waals surface area contributed by atoms with Gasteiger partial charge >= 0.3 is 12.1 Å². The number of hydrazine groups is 1. The summed E-state index contributed by atoms with van der Waals surface area (Å²) in [5.74, 6) is -1.15. The molecule has 0 saturated carbocycles.